The number of halogens is 1. The van der Waals surface area contributed by atoms with Crippen LogP contribution in [0.1, 0.15) is 12.8 Å². The highest BCUT2D eigenvalue weighted by Crippen LogP contribution is 2.30. The second-order valence-electron chi connectivity index (χ2n) is 8.17. The molecule has 0 radical (unpaired) electrons. The molecule has 33 heavy (non-hydrogen) atoms. The fraction of sp³-hybridized carbons (Fsp3) is 0.409. The van der Waals surface area contributed by atoms with Crippen LogP contribution in [-0.4, -0.2) is 67.7 Å². The number of hydrogen-bond donors (Lipinski definition) is 0. The smallest absolute Gasteiger partial charge is 0.292 e. The van der Waals surface area contributed by atoms with E-state index in [4.69, 9.17) is 0 Å². The second-order valence-corrected chi connectivity index (χ2v) is 10.1. The van der Waals surface area contributed by atoms with Crippen molar-refractivity contribution in [2.24, 2.45) is 5.92 Å². The normalized spacial score (nSPS) is 18.3. The molecule has 0 atom stereocenters. The van der Waals surface area contributed by atoms with Crippen molar-refractivity contribution in [3.05, 3.63) is 64.5 Å². The number of sulfonamides is 1. The number of para-hydroxylation sites is 2. The number of piperidine rings is 1. The van der Waals surface area contributed by atoms with Gasteiger partial charge in [0.05, 0.1) is 4.92 Å². The summed E-state index contributed by atoms with van der Waals surface area (Å²) in [4.78, 5) is 27.2. The first-order chi connectivity index (χ1) is 15.8. The predicted molar refractivity (Wildman–Crippen MR) is 120 cm³/mol. The molecule has 0 unspecified atom stereocenters. The third-order valence-electron chi connectivity index (χ3n) is 6.27. The molecule has 1 amide bonds. The van der Waals surface area contributed by atoms with E-state index in [9.17, 15) is 27.7 Å². The van der Waals surface area contributed by atoms with Crippen molar-refractivity contribution in [3.8, 4) is 0 Å². The van der Waals surface area contributed by atoms with Crippen LogP contribution < -0.4 is 4.90 Å². The number of nitro groups is 1. The summed E-state index contributed by atoms with van der Waals surface area (Å²) in [6.45, 7) is 2.16. The molecule has 0 saturated carbocycles. The molecule has 2 aromatic rings. The Bertz CT molecular complexity index is 1140. The lowest BCUT2D eigenvalue weighted by Gasteiger charge is -2.39. The highest BCUT2D eigenvalue weighted by atomic mass is 32.2. The molecular formula is C22H25FN4O5S. The maximum atomic E-state index is 14.0. The lowest BCUT2D eigenvalue weighted by atomic mass is 9.96. The van der Waals surface area contributed by atoms with E-state index in [0.717, 1.165) is 6.07 Å². The number of anilines is 1. The molecule has 4 rings (SSSR count). The minimum atomic E-state index is -3.94. The summed E-state index contributed by atoms with van der Waals surface area (Å²) in [5.74, 6) is -1.11. The topological polar surface area (TPSA) is 104 Å². The van der Waals surface area contributed by atoms with Crippen LogP contribution in [-0.2, 0) is 14.8 Å². The maximum absolute atomic E-state index is 14.0. The van der Waals surface area contributed by atoms with Crippen LogP contribution in [0, 0.1) is 21.8 Å². The minimum absolute atomic E-state index is 0.0276. The van der Waals surface area contributed by atoms with Crippen molar-refractivity contribution in [1.82, 2.24) is 9.21 Å². The summed E-state index contributed by atoms with van der Waals surface area (Å²) in [5.41, 5.74) is 0.585. The average Bonchev–Trinajstić information content (AvgIpc) is 2.84. The second kappa shape index (κ2) is 9.44. The van der Waals surface area contributed by atoms with Gasteiger partial charge in [-0.2, -0.15) is 4.31 Å². The van der Waals surface area contributed by atoms with E-state index in [1.807, 2.05) is 4.90 Å². The Kier molecular flexibility index (Phi) is 6.61. The van der Waals surface area contributed by atoms with Crippen molar-refractivity contribution >= 4 is 27.3 Å². The van der Waals surface area contributed by atoms with Gasteiger partial charge < -0.3 is 9.80 Å². The lowest BCUT2D eigenvalue weighted by molar-refractivity contribution is -0.384. The molecule has 0 N–H and O–H groups in total. The number of nitro benzene ring substituents is 1. The highest BCUT2D eigenvalue weighted by molar-refractivity contribution is 7.89. The van der Waals surface area contributed by atoms with Crippen LogP contribution in [0.25, 0.3) is 0 Å². The van der Waals surface area contributed by atoms with Crippen LogP contribution >= 0.6 is 0 Å². The number of carbonyl (C=O) groups excluding carboxylic acids is 1. The third kappa shape index (κ3) is 4.69. The van der Waals surface area contributed by atoms with Crippen LogP contribution in [0.3, 0.4) is 0 Å². The Labute approximate surface area is 191 Å². The van der Waals surface area contributed by atoms with Gasteiger partial charge in [0.15, 0.2) is 0 Å². The summed E-state index contributed by atoms with van der Waals surface area (Å²) < 4.78 is 40.8. The van der Waals surface area contributed by atoms with E-state index >= 15 is 0 Å². The standard InChI is InChI=1S/C22H25FN4O5S/c23-18-5-1-4-8-21(18)33(31,32)26-11-9-17(10-12-26)22(28)25-15-13-24(14-16-25)19-6-2-3-7-20(19)27(29)30/h1-8,17H,9-16H2. The number of amides is 1. The van der Waals surface area contributed by atoms with Gasteiger partial charge in [0.1, 0.15) is 16.4 Å². The van der Waals surface area contributed by atoms with Gasteiger partial charge in [-0.15, -0.1) is 0 Å². The Balaban J connectivity index is 1.34. The summed E-state index contributed by atoms with van der Waals surface area (Å²) in [6, 6.07) is 11.8. The number of rotatable bonds is 5. The van der Waals surface area contributed by atoms with E-state index in [2.05, 4.69) is 0 Å². The average molecular weight is 477 g/mol. The molecule has 2 aliphatic heterocycles. The van der Waals surface area contributed by atoms with Gasteiger partial charge in [-0.25, -0.2) is 12.8 Å². The van der Waals surface area contributed by atoms with E-state index in [1.54, 1.807) is 23.1 Å². The monoisotopic (exact) mass is 476 g/mol. The van der Waals surface area contributed by atoms with Crippen molar-refractivity contribution in [2.45, 2.75) is 17.7 Å². The quantitative estimate of drug-likeness (QED) is 0.485. The zero-order valence-corrected chi connectivity index (χ0v) is 18.8. The molecule has 2 aliphatic rings. The first-order valence-corrected chi connectivity index (χ1v) is 12.2. The Morgan fingerprint density at radius 3 is 2.18 bits per heavy atom. The predicted octanol–water partition coefficient (Wildman–Crippen LogP) is 2.48. The number of benzene rings is 2. The number of piperazine rings is 1. The molecule has 2 heterocycles. The summed E-state index contributed by atoms with van der Waals surface area (Å²) >= 11 is 0. The molecular weight excluding hydrogens is 451 g/mol. The molecule has 0 bridgehead atoms. The number of nitrogens with zero attached hydrogens (tertiary/aromatic N) is 4. The van der Waals surface area contributed by atoms with Gasteiger partial charge >= 0.3 is 0 Å². The maximum Gasteiger partial charge on any atom is 0.292 e. The third-order valence-corrected chi connectivity index (χ3v) is 8.20. The number of hydrogen-bond acceptors (Lipinski definition) is 6. The molecule has 0 spiro atoms. The van der Waals surface area contributed by atoms with Crippen molar-refractivity contribution in [2.75, 3.05) is 44.2 Å². The SMILES string of the molecule is O=C(C1CCN(S(=O)(=O)c2ccccc2F)CC1)N1CCN(c2ccccc2[N+](=O)[O-])CC1. The largest absolute Gasteiger partial charge is 0.362 e. The molecule has 11 heteroatoms. The summed E-state index contributed by atoms with van der Waals surface area (Å²) in [5, 5.41) is 11.3. The minimum Gasteiger partial charge on any atom is -0.362 e. The first kappa shape index (κ1) is 23.1. The zero-order valence-electron chi connectivity index (χ0n) is 18.0. The Morgan fingerprint density at radius 1 is 0.939 bits per heavy atom. The van der Waals surface area contributed by atoms with Gasteiger partial charge in [0.25, 0.3) is 5.69 Å². The molecule has 0 aromatic heterocycles. The molecule has 2 aromatic carbocycles. The molecule has 0 aliphatic carbocycles. The zero-order chi connectivity index (χ0) is 23.6. The van der Waals surface area contributed by atoms with Gasteiger partial charge in [-0.1, -0.05) is 24.3 Å². The van der Waals surface area contributed by atoms with E-state index in [-0.39, 0.29) is 35.5 Å². The summed E-state index contributed by atoms with van der Waals surface area (Å²) in [7, 11) is -3.94. The fourth-order valence-electron chi connectivity index (χ4n) is 4.45. The Morgan fingerprint density at radius 2 is 1.55 bits per heavy atom. The van der Waals surface area contributed by atoms with Crippen molar-refractivity contribution in [3.63, 3.8) is 0 Å². The Hall–Kier alpha value is -3.05. The van der Waals surface area contributed by atoms with Crippen molar-refractivity contribution < 1.29 is 22.5 Å². The molecule has 176 valence electrons. The van der Waals surface area contributed by atoms with Crippen LogP contribution in [0.15, 0.2) is 53.4 Å². The fourth-order valence-corrected chi connectivity index (χ4v) is 5.98. The van der Waals surface area contributed by atoms with Gasteiger partial charge in [0, 0.05) is 51.3 Å². The van der Waals surface area contributed by atoms with E-state index < -0.39 is 20.8 Å². The van der Waals surface area contributed by atoms with Crippen LogP contribution in [0.4, 0.5) is 15.8 Å². The molecule has 2 fully saturated rings. The number of carbonyl (C=O) groups is 1. The molecule has 9 nitrogen and oxygen atoms in total. The lowest BCUT2D eigenvalue weighted by Crippen LogP contribution is -2.52. The molecule has 2 saturated heterocycles. The van der Waals surface area contributed by atoms with Gasteiger partial charge in [-0.05, 0) is 31.0 Å². The van der Waals surface area contributed by atoms with E-state index in [0.29, 0.717) is 44.7 Å². The first-order valence-electron chi connectivity index (χ1n) is 10.8. The van der Waals surface area contributed by atoms with Gasteiger partial charge in [0.2, 0.25) is 15.9 Å². The highest BCUT2D eigenvalue weighted by Gasteiger charge is 2.36. The summed E-state index contributed by atoms with van der Waals surface area (Å²) in [6.07, 6.45) is 0.744. The van der Waals surface area contributed by atoms with Gasteiger partial charge in [-0.3, -0.25) is 14.9 Å². The van der Waals surface area contributed by atoms with E-state index in [1.165, 1.54) is 28.6 Å². The van der Waals surface area contributed by atoms with Crippen molar-refractivity contribution in [1.29, 1.82) is 0 Å². The van der Waals surface area contributed by atoms with Crippen LogP contribution in [0.2, 0.25) is 0 Å². The van der Waals surface area contributed by atoms with Crippen LogP contribution in [0.5, 0.6) is 0 Å².